The maximum atomic E-state index is 5.79. The third-order valence-electron chi connectivity index (χ3n) is 2.95. The van der Waals surface area contributed by atoms with Gasteiger partial charge in [0.2, 0.25) is 0 Å². The van der Waals surface area contributed by atoms with Crippen LogP contribution < -0.4 is 5.32 Å². The average molecular weight is 195 g/mol. The monoisotopic (exact) mass is 195 g/mol. The van der Waals surface area contributed by atoms with Gasteiger partial charge in [0.25, 0.3) is 0 Å². The van der Waals surface area contributed by atoms with Crippen molar-refractivity contribution in [3.63, 3.8) is 0 Å². The molecule has 14 heavy (non-hydrogen) atoms. The lowest BCUT2D eigenvalue weighted by molar-refractivity contribution is -0.0101. The largest absolute Gasteiger partial charge is 0.374 e. The highest BCUT2D eigenvalue weighted by atomic mass is 16.5. The summed E-state index contributed by atoms with van der Waals surface area (Å²) in [6, 6.07) is 0.315. The molecule has 1 N–H and O–H groups in total. The number of hydrogen-bond acceptors (Lipinski definition) is 2. The van der Waals surface area contributed by atoms with Gasteiger partial charge >= 0.3 is 0 Å². The standard InChI is InChI=1S/C12H21NO/c1-4-7-11(13-9-5-2)12(3)8-6-10-14-12/h1,11,13H,5-10H2,2-3H3. The minimum absolute atomic E-state index is 0.0401. The molecule has 1 fully saturated rings. The van der Waals surface area contributed by atoms with Crippen LogP contribution in [0.25, 0.3) is 0 Å². The molecule has 0 bridgehead atoms. The van der Waals surface area contributed by atoms with Gasteiger partial charge in [-0.2, -0.15) is 0 Å². The van der Waals surface area contributed by atoms with Crippen molar-refractivity contribution in [3.05, 3.63) is 0 Å². The molecule has 0 aromatic carbocycles. The Kier molecular flexibility index (Phi) is 4.44. The molecule has 0 radical (unpaired) electrons. The van der Waals surface area contributed by atoms with Crippen LogP contribution in [-0.4, -0.2) is 24.8 Å². The van der Waals surface area contributed by atoms with Crippen LogP contribution in [-0.2, 0) is 4.74 Å². The van der Waals surface area contributed by atoms with Gasteiger partial charge in [-0.15, -0.1) is 12.3 Å². The predicted octanol–water partition coefficient (Wildman–Crippen LogP) is 1.95. The first-order valence-electron chi connectivity index (χ1n) is 5.53. The van der Waals surface area contributed by atoms with E-state index in [9.17, 15) is 0 Å². The van der Waals surface area contributed by atoms with E-state index in [-0.39, 0.29) is 5.60 Å². The van der Waals surface area contributed by atoms with Gasteiger partial charge in [0.1, 0.15) is 0 Å². The maximum Gasteiger partial charge on any atom is 0.0816 e. The molecule has 0 amide bonds. The van der Waals surface area contributed by atoms with Crippen LogP contribution in [0.4, 0.5) is 0 Å². The smallest absolute Gasteiger partial charge is 0.0816 e. The van der Waals surface area contributed by atoms with Crippen LogP contribution in [0, 0.1) is 12.3 Å². The van der Waals surface area contributed by atoms with Crippen molar-refractivity contribution in [1.29, 1.82) is 0 Å². The minimum Gasteiger partial charge on any atom is -0.374 e. The van der Waals surface area contributed by atoms with E-state index in [4.69, 9.17) is 11.2 Å². The lowest BCUT2D eigenvalue weighted by Gasteiger charge is -2.33. The van der Waals surface area contributed by atoms with Gasteiger partial charge in [-0.1, -0.05) is 6.92 Å². The van der Waals surface area contributed by atoms with E-state index in [1.807, 2.05) is 0 Å². The number of hydrogen-bond donors (Lipinski definition) is 1. The normalized spacial score (nSPS) is 28.6. The molecule has 2 unspecified atom stereocenters. The Morgan fingerprint density at radius 2 is 2.43 bits per heavy atom. The Morgan fingerprint density at radius 1 is 1.64 bits per heavy atom. The molecule has 1 heterocycles. The molecular weight excluding hydrogens is 174 g/mol. The van der Waals surface area contributed by atoms with Crippen molar-refractivity contribution in [1.82, 2.24) is 5.32 Å². The maximum absolute atomic E-state index is 5.79. The number of ether oxygens (including phenoxy) is 1. The highest BCUT2D eigenvalue weighted by Crippen LogP contribution is 2.29. The lowest BCUT2D eigenvalue weighted by atomic mass is 9.91. The SMILES string of the molecule is C#CCC(NCCC)C1(C)CCCO1. The molecule has 1 aliphatic rings. The summed E-state index contributed by atoms with van der Waals surface area (Å²) in [6.07, 6.45) is 9.56. The van der Waals surface area contributed by atoms with Crippen molar-refractivity contribution < 1.29 is 4.74 Å². The van der Waals surface area contributed by atoms with E-state index in [1.165, 1.54) is 0 Å². The first-order chi connectivity index (χ1) is 6.73. The third-order valence-corrected chi connectivity index (χ3v) is 2.95. The Bertz CT molecular complexity index is 201. The van der Waals surface area contributed by atoms with Crippen LogP contribution in [0.5, 0.6) is 0 Å². The molecule has 0 saturated carbocycles. The molecule has 0 aromatic heterocycles. The van der Waals surface area contributed by atoms with Gasteiger partial charge in [-0.25, -0.2) is 0 Å². The molecule has 0 spiro atoms. The van der Waals surface area contributed by atoms with E-state index in [0.29, 0.717) is 6.04 Å². The molecular formula is C12H21NO. The van der Waals surface area contributed by atoms with E-state index in [1.54, 1.807) is 0 Å². The van der Waals surface area contributed by atoms with Gasteiger partial charge in [-0.05, 0) is 32.7 Å². The van der Waals surface area contributed by atoms with Crippen LogP contribution in [0.1, 0.15) is 39.5 Å². The second kappa shape index (κ2) is 5.38. The van der Waals surface area contributed by atoms with Crippen LogP contribution in [0.3, 0.4) is 0 Å². The Labute approximate surface area is 87.4 Å². The molecule has 1 aliphatic heterocycles. The fraction of sp³-hybridized carbons (Fsp3) is 0.833. The predicted molar refractivity (Wildman–Crippen MR) is 59.1 cm³/mol. The second-order valence-electron chi connectivity index (χ2n) is 4.18. The summed E-state index contributed by atoms with van der Waals surface area (Å²) in [5, 5.41) is 3.49. The first kappa shape index (κ1) is 11.6. The van der Waals surface area contributed by atoms with Gasteiger partial charge in [0.05, 0.1) is 5.60 Å². The summed E-state index contributed by atoms with van der Waals surface area (Å²) in [6.45, 7) is 6.24. The third kappa shape index (κ3) is 2.73. The van der Waals surface area contributed by atoms with E-state index >= 15 is 0 Å². The molecule has 2 nitrogen and oxygen atoms in total. The second-order valence-corrected chi connectivity index (χ2v) is 4.18. The molecule has 0 aromatic rings. The molecule has 80 valence electrons. The summed E-state index contributed by atoms with van der Waals surface area (Å²) >= 11 is 0. The summed E-state index contributed by atoms with van der Waals surface area (Å²) in [5.74, 6) is 2.74. The molecule has 0 aliphatic carbocycles. The van der Waals surface area contributed by atoms with Crippen molar-refractivity contribution in [2.75, 3.05) is 13.2 Å². The van der Waals surface area contributed by atoms with Crippen molar-refractivity contribution in [3.8, 4) is 12.3 Å². The van der Waals surface area contributed by atoms with Gasteiger partial charge in [-0.3, -0.25) is 0 Å². The highest BCUT2D eigenvalue weighted by molar-refractivity contribution is 5.00. The van der Waals surface area contributed by atoms with Gasteiger partial charge in [0.15, 0.2) is 0 Å². The van der Waals surface area contributed by atoms with Gasteiger partial charge < -0.3 is 10.1 Å². The van der Waals surface area contributed by atoms with Crippen molar-refractivity contribution >= 4 is 0 Å². The zero-order valence-corrected chi connectivity index (χ0v) is 9.31. The number of rotatable bonds is 5. The topological polar surface area (TPSA) is 21.3 Å². The number of terminal acetylenes is 1. The fourth-order valence-corrected chi connectivity index (χ4v) is 2.02. The van der Waals surface area contributed by atoms with E-state index in [2.05, 4.69) is 25.1 Å². The van der Waals surface area contributed by atoms with Crippen LogP contribution in [0.2, 0.25) is 0 Å². The molecule has 2 heteroatoms. The summed E-state index contributed by atoms with van der Waals surface area (Å²) in [7, 11) is 0. The molecule has 2 atom stereocenters. The quantitative estimate of drug-likeness (QED) is 0.677. The fourth-order valence-electron chi connectivity index (χ4n) is 2.02. The molecule has 1 saturated heterocycles. The average Bonchev–Trinajstić information content (AvgIpc) is 2.60. The number of nitrogens with one attached hydrogen (secondary N) is 1. The lowest BCUT2D eigenvalue weighted by Crippen LogP contribution is -2.48. The van der Waals surface area contributed by atoms with Crippen molar-refractivity contribution in [2.45, 2.75) is 51.2 Å². The summed E-state index contributed by atoms with van der Waals surface area (Å²) in [5.41, 5.74) is -0.0401. The Balaban J connectivity index is 2.52. The highest BCUT2D eigenvalue weighted by Gasteiger charge is 2.37. The summed E-state index contributed by atoms with van der Waals surface area (Å²) < 4.78 is 5.79. The zero-order valence-electron chi connectivity index (χ0n) is 9.31. The van der Waals surface area contributed by atoms with Crippen LogP contribution in [0.15, 0.2) is 0 Å². The van der Waals surface area contributed by atoms with Gasteiger partial charge in [0, 0.05) is 19.1 Å². The van der Waals surface area contributed by atoms with Crippen LogP contribution >= 0.6 is 0 Å². The summed E-state index contributed by atoms with van der Waals surface area (Å²) in [4.78, 5) is 0. The minimum atomic E-state index is -0.0401. The Morgan fingerprint density at radius 3 is 2.93 bits per heavy atom. The zero-order chi connectivity index (χ0) is 10.4. The first-order valence-corrected chi connectivity index (χ1v) is 5.53. The Hall–Kier alpha value is -0.520. The van der Waals surface area contributed by atoms with E-state index in [0.717, 1.165) is 38.8 Å². The molecule has 1 rings (SSSR count). The van der Waals surface area contributed by atoms with E-state index < -0.39 is 0 Å². The van der Waals surface area contributed by atoms with Crippen molar-refractivity contribution in [2.24, 2.45) is 0 Å².